The molecule has 2 rings (SSSR count). The van der Waals surface area contributed by atoms with Gasteiger partial charge in [-0.2, -0.15) is 0 Å². The predicted molar refractivity (Wildman–Crippen MR) is 142 cm³/mol. The minimum Gasteiger partial charge on any atom is -0.480 e. The zero-order valence-corrected chi connectivity index (χ0v) is 22.3. The van der Waals surface area contributed by atoms with Crippen LogP contribution in [-0.4, -0.2) is 46.7 Å². The summed E-state index contributed by atoms with van der Waals surface area (Å²) >= 11 is 0. The van der Waals surface area contributed by atoms with Crippen LogP contribution in [0, 0.1) is 0 Å². The molecule has 0 radical (unpaired) electrons. The van der Waals surface area contributed by atoms with Crippen LogP contribution in [0.4, 0.5) is 4.79 Å². The van der Waals surface area contributed by atoms with E-state index in [4.69, 9.17) is 9.47 Å². The SMILES string of the molecule is CC(C)(C)OC(=O)CCCC[C@H](NC(=O)OCc1ccccc1)C(=O)N[C@@H](CCc1ccccc1)C(=O)O. The number of alkyl carbamates (subject to hydrolysis) is 1. The number of carbonyl (C=O) groups is 4. The second-order valence-corrected chi connectivity index (χ2v) is 10.0. The summed E-state index contributed by atoms with van der Waals surface area (Å²) in [6.45, 7) is 5.38. The van der Waals surface area contributed by atoms with E-state index in [0.717, 1.165) is 11.1 Å². The van der Waals surface area contributed by atoms with Crippen molar-refractivity contribution in [2.24, 2.45) is 0 Å². The maximum atomic E-state index is 13.1. The molecule has 0 unspecified atom stereocenters. The Morgan fingerprint density at radius 2 is 1.42 bits per heavy atom. The van der Waals surface area contributed by atoms with Crippen molar-refractivity contribution in [1.82, 2.24) is 10.6 Å². The highest BCUT2D eigenvalue weighted by Gasteiger charge is 2.27. The number of rotatable bonds is 14. The average Bonchev–Trinajstić information content (AvgIpc) is 2.87. The Morgan fingerprint density at radius 3 is 2.00 bits per heavy atom. The monoisotopic (exact) mass is 526 g/mol. The number of carboxylic acids is 1. The van der Waals surface area contributed by atoms with E-state index in [1.165, 1.54) is 0 Å². The lowest BCUT2D eigenvalue weighted by Gasteiger charge is -2.22. The molecule has 9 nitrogen and oxygen atoms in total. The van der Waals surface area contributed by atoms with Crippen molar-refractivity contribution in [2.45, 2.75) is 83.6 Å². The number of ether oxygens (including phenoxy) is 2. The van der Waals surface area contributed by atoms with E-state index in [2.05, 4.69) is 10.6 Å². The minimum atomic E-state index is -1.16. The van der Waals surface area contributed by atoms with Crippen molar-refractivity contribution in [1.29, 1.82) is 0 Å². The van der Waals surface area contributed by atoms with E-state index in [-0.39, 0.29) is 31.8 Å². The Hall–Kier alpha value is -3.88. The third-order valence-corrected chi connectivity index (χ3v) is 5.54. The highest BCUT2D eigenvalue weighted by atomic mass is 16.6. The number of benzene rings is 2. The molecule has 3 N–H and O–H groups in total. The summed E-state index contributed by atoms with van der Waals surface area (Å²) in [6, 6.07) is 16.3. The standard InChI is InChI=1S/C29H38N2O7/c1-29(2,3)38-25(32)17-11-10-16-23(31-28(36)37-20-22-14-8-5-9-15-22)26(33)30-24(27(34)35)19-18-21-12-6-4-7-13-21/h4-9,12-15,23-24H,10-11,16-20H2,1-3H3,(H,30,33)(H,31,36)(H,34,35)/t23-,24-/m0/s1. The normalized spacial score (nSPS) is 12.6. The zero-order chi connectivity index (χ0) is 28.0. The lowest BCUT2D eigenvalue weighted by Crippen LogP contribution is -2.51. The predicted octanol–water partition coefficient (Wildman–Crippen LogP) is 4.39. The van der Waals surface area contributed by atoms with Gasteiger partial charge in [-0.05, 0) is 57.6 Å². The summed E-state index contributed by atoms with van der Waals surface area (Å²) in [6.07, 6.45) is 1.09. The second-order valence-electron chi connectivity index (χ2n) is 10.0. The largest absolute Gasteiger partial charge is 0.480 e. The smallest absolute Gasteiger partial charge is 0.408 e. The molecule has 206 valence electrons. The zero-order valence-electron chi connectivity index (χ0n) is 22.3. The molecule has 0 aliphatic rings. The molecule has 2 atom stereocenters. The summed E-state index contributed by atoms with van der Waals surface area (Å²) < 4.78 is 10.5. The lowest BCUT2D eigenvalue weighted by molar-refractivity contribution is -0.155. The number of carboxylic acid groups (broad SMARTS) is 1. The van der Waals surface area contributed by atoms with Crippen LogP contribution in [-0.2, 0) is 36.9 Å². The van der Waals surface area contributed by atoms with Crippen LogP contribution in [0.3, 0.4) is 0 Å². The Morgan fingerprint density at radius 1 is 0.816 bits per heavy atom. The molecule has 0 bridgehead atoms. The van der Waals surface area contributed by atoms with Crippen LogP contribution in [0.1, 0.15) is 64.0 Å². The van der Waals surface area contributed by atoms with E-state index < -0.39 is 35.7 Å². The lowest BCUT2D eigenvalue weighted by atomic mass is 10.0. The summed E-state index contributed by atoms with van der Waals surface area (Å²) in [5, 5.41) is 14.8. The Labute approximate surface area is 223 Å². The first-order chi connectivity index (χ1) is 18.0. The first-order valence-electron chi connectivity index (χ1n) is 12.8. The molecule has 2 amide bonds. The number of nitrogens with one attached hydrogen (secondary N) is 2. The molecule has 0 saturated carbocycles. The third kappa shape index (κ3) is 12.4. The van der Waals surface area contributed by atoms with Gasteiger partial charge in [-0.25, -0.2) is 9.59 Å². The van der Waals surface area contributed by atoms with Crippen LogP contribution >= 0.6 is 0 Å². The average molecular weight is 527 g/mol. The maximum Gasteiger partial charge on any atom is 0.408 e. The molecule has 0 fully saturated rings. The van der Waals surface area contributed by atoms with Gasteiger partial charge in [0.05, 0.1) is 0 Å². The highest BCUT2D eigenvalue weighted by Crippen LogP contribution is 2.12. The third-order valence-electron chi connectivity index (χ3n) is 5.54. The van der Waals surface area contributed by atoms with Crippen LogP contribution in [0.15, 0.2) is 60.7 Å². The van der Waals surface area contributed by atoms with Crippen molar-refractivity contribution in [2.75, 3.05) is 0 Å². The molecule has 0 aromatic heterocycles. The van der Waals surface area contributed by atoms with Crippen molar-refractivity contribution in [3.63, 3.8) is 0 Å². The first kappa shape index (κ1) is 30.3. The van der Waals surface area contributed by atoms with Gasteiger partial charge in [-0.1, -0.05) is 67.1 Å². The van der Waals surface area contributed by atoms with Gasteiger partial charge in [0, 0.05) is 6.42 Å². The fourth-order valence-electron chi connectivity index (χ4n) is 3.67. The molecule has 0 spiro atoms. The second kappa shape index (κ2) is 15.4. The van der Waals surface area contributed by atoms with Crippen LogP contribution in [0.25, 0.3) is 0 Å². The summed E-state index contributed by atoms with van der Waals surface area (Å²) in [5.41, 5.74) is 1.15. The number of hydrogen-bond acceptors (Lipinski definition) is 6. The fourth-order valence-corrected chi connectivity index (χ4v) is 3.67. The molecule has 0 aliphatic carbocycles. The number of hydrogen-bond donors (Lipinski definition) is 3. The molecular formula is C29H38N2O7. The molecule has 0 heterocycles. The van der Waals surface area contributed by atoms with Gasteiger partial charge in [-0.15, -0.1) is 0 Å². The molecule has 2 aromatic rings. The van der Waals surface area contributed by atoms with Crippen molar-refractivity contribution in [3.05, 3.63) is 71.8 Å². The summed E-state index contributed by atoms with van der Waals surface area (Å²) in [4.78, 5) is 49.3. The number of carbonyl (C=O) groups excluding carboxylic acids is 3. The Balaban J connectivity index is 1.97. The van der Waals surface area contributed by atoms with Crippen molar-refractivity contribution >= 4 is 23.9 Å². The maximum absolute atomic E-state index is 13.1. The van der Waals surface area contributed by atoms with Crippen molar-refractivity contribution in [3.8, 4) is 0 Å². The molecule has 2 aromatic carbocycles. The molecule has 0 saturated heterocycles. The van der Waals surface area contributed by atoms with E-state index in [9.17, 15) is 24.3 Å². The Kier molecular flexibility index (Phi) is 12.3. The number of aryl methyl sites for hydroxylation is 1. The van der Waals surface area contributed by atoms with E-state index in [1.807, 2.05) is 48.5 Å². The van der Waals surface area contributed by atoms with Crippen LogP contribution in [0.5, 0.6) is 0 Å². The molecule has 38 heavy (non-hydrogen) atoms. The number of esters is 1. The quantitative estimate of drug-likeness (QED) is 0.246. The van der Waals surface area contributed by atoms with Gasteiger partial charge in [0.15, 0.2) is 0 Å². The van der Waals surface area contributed by atoms with Gasteiger partial charge in [0.25, 0.3) is 0 Å². The first-order valence-corrected chi connectivity index (χ1v) is 12.8. The minimum absolute atomic E-state index is 0.0223. The summed E-state index contributed by atoms with van der Waals surface area (Å²) in [7, 11) is 0. The van der Waals surface area contributed by atoms with Gasteiger partial charge in [0.2, 0.25) is 5.91 Å². The number of unbranched alkanes of at least 4 members (excludes halogenated alkanes) is 1. The van der Waals surface area contributed by atoms with E-state index in [1.54, 1.807) is 32.9 Å². The molecular weight excluding hydrogens is 488 g/mol. The molecule has 0 aliphatic heterocycles. The fraction of sp³-hybridized carbons (Fsp3) is 0.448. The summed E-state index contributed by atoms with van der Waals surface area (Å²) in [5.74, 6) is -2.13. The van der Waals surface area contributed by atoms with Gasteiger partial charge in [-0.3, -0.25) is 9.59 Å². The molecule has 9 heteroatoms. The highest BCUT2D eigenvalue weighted by molar-refractivity contribution is 5.89. The van der Waals surface area contributed by atoms with Crippen molar-refractivity contribution < 1.29 is 33.8 Å². The Bertz CT molecular complexity index is 1040. The van der Waals surface area contributed by atoms with Crippen LogP contribution in [0.2, 0.25) is 0 Å². The number of aliphatic carboxylic acids is 1. The topological polar surface area (TPSA) is 131 Å². The van der Waals surface area contributed by atoms with Gasteiger partial charge >= 0.3 is 18.0 Å². The number of amides is 2. The van der Waals surface area contributed by atoms with E-state index in [0.29, 0.717) is 19.3 Å². The van der Waals surface area contributed by atoms with Crippen LogP contribution < -0.4 is 10.6 Å². The van der Waals surface area contributed by atoms with Gasteiger partial charge in [0.1, 0.15) is 24.3 Å². The van der Waals surface area contributed by atoms with E-state index >= 15 is 0 Å². The van der Waals surface area contributed by atoms with Gasteiger partial charge < -0.3 is 25.2 Å².